The molecule has 15 heteroatoms. The van der Waals surface area contributed by atoms with Crippen molar-refractivity contribution in [1.82, 2.24) is 30.2 Å². The van der Waals surface area contributed by atoms with Crippen molar-refractivity contribution >= 4 is 45.1 Å². The van der Waals surface area contributed by atoms with Crippen LogP contribution in [0.5, 0.6) is 5.75 Å². The number of tetrazole rings is 1. The van der Waals surface area contributed by atoms with Gasteiger partial charge in [-0.25, -0.2) is 13.2 Å². The highest BCUT2D eigenvalue weighted by molar-refractivity contribution is 7.89. The molecular weight excluding hydrogens is 547 g/mol. The predicted molar refractivity (Wildman–Crippen MR) is 132 cm³/mol. The number of ether oxygens (including phenoxy) is 1. The van der Waals surface area contributed by atoms with Gasteiger partial charge in [0.25, 0.3) is 0 Å². The number of halogens is 2. The molecule has 1 aliphatic heterocycles. The first kappa shape index (κ1) is 26.8. The van der Waals surface area contributed by atoms with Crippen molar-refractivity contribution in [1.29, 1.82) is 0 Å². The number of carbonyl (C=O) groups is 2. The Morgan fingerprint density at radius 2 is 1.89 bits per heavy atom. The summed E-state index contributed by atoms with van der Waals surface area (Å²) in [6.45, 7) is 0.208. The molecule has 3 aromatic rings. The summed E-state index contributed by atoms with van der Waals surface area (Å²) in [5, 5.41) is 25.8. The molecule has 2 atom stereocenters. The van der Waals surface area contributed by atoms with Crippen molar-refractivity contribution in [3.63, 3.8) is 0 Å². The van der Waals surface area contributed by atoms with Crippen molar-refractivity contribution in [2.45, 2.75) is 42.8 Å². The summed E-state index contributed by atoms with van der Waals surface area (Å²) in [7, 11) is -4.09. The topological polar surface area (TPSA) is 167 Å². The van der Waals surface area contributed by atoms with Crippen LogP contribution in [0.25, 0.3) is 0 Å². The van der Waals surface area contributed by atoms with E-state index >= 15 is 0 Å². The third-order valence-electron chi connectivity index (χ3n) is 5.68. The maximum Gasteiger partial charge on any atom is 0.326 e. The lowest BCUT2D eigenvalue weighted by atomic mass is 10.1. The van der Waals surface area contributed by atoms with Crippen molar-refractivity contribution in [2.75, 3.05) is 6.54 Å². The first-order valence-corrected chi connectivity index (χ1v) is 13.3. The summed E-state index contributed by atoms with van der Waals surface area (Å²) < 4.78 is 33.0. The number of nitrogens with one attached hydrogen (secondary N) is 2. The molecule has 0 saturated carbocycles. The average Bonchev–Trinajstić information content (AvgIpc) is 3.55. The van der Waals surface area contributed by atoms with Gasteiger partial charge in [0.1, 0.15) is 17.8 Å². The number of amides is 1. The van der Waals surface area contributed by atoms with Crippen LogP contribution in [0.2, 0.25) is 10.0 Å². The highest BCUT2D eigenvalue weighted by atomic mass is 35.5. The van der Waals surface area contributed by atoms with E-state index in [-0.39, 0.29) is 40.9 Å². The molecule has 12 nitrogen and oxygen atoms in total. The van der Waals surface area contributed by atoms with Gasteiger partial charge < -0.3 is 15.2 Å². The molecule has 2 aromatic carbocycles. The Hall–Kier alpha value is -3.26. The Morgan fingerprint density at radius 1 is 1.19 bits per heavy atom. The highest BCUT2D eigenvalue weighted by Crippen LogP contribution is 2.30. The number of aromatic nitrogens is 4. The van der Waals surface area contributed by atoms with Gasteiger partial charge in [-0.1, -0.05) is 40.5 Å². The number of nitrogens with zero attached hydrogens (tertiary/aromatic N) is 4. The summed E-state index contributed by atoms with van der Waals surface area (Å²) in [5.74, 6) is -1.06. The Kier molecular flexibility index (Phi) is 8.27. The Balaban J connectivity index is 1.42. The second-order valence-corrected chi connectivity index (χ2v) is 11.0. The fourth-order valence-corrected chi connectivity index (χ4v) is 6.30. The molecule has 0 bridgehead atoms. The van der Waals surface area contributed by atoms with Gasteiger partial charge in [0.15, 0.2) is 6.61 Å². The summed E-state index contributed by atoms with van der Waals surface area (Å²) in [6, 6.07) is 8.22. The predicted octanol–water partition coefficient (Wildman–Crippen LogP) is 2.05. The number of carboxylic acid groups (broad SMARTS) is 1. The fourth-order valence-electron chi connectivity index (χ4n) is 3.92. The smallest absolute Gasteiger partial charge is 0.326 e. The van der Waals surface area contributed by atoms with E-state index < -0.39 is 34.0 Å². The van der Waals surface area contributed by atoms with Crippen LogP contribution in [0.3, 0.4) is 0 Å². The number of rotatable bonds is 10. The lowest BCUT2D eigenvalue weighted by Gasteiger charge is -2.25. The van der Waals surface area contributed by atoms with Gasteiger partial charge >= 0.3 is 5.97 Å². The van der Waals surface area contributed by atoms with Crippen LogP contribution in [-0.2, 0) is 32.6 Å². The molecule has 0 radical (unpaired) electrons. The molecule has 1 saturated heterocycles. The van der Waals surface area contributed by atoms with Crippen molar-refractivity contribution in [2.24, 2.45) is 0 Å². The fraction of sp³-hybridized carbons (Fsp3) is 0.318. The minimum absolute atomic E-state index is 0.0183. The normalized spacial score (nSPS) is 16.9. The summed E-state index contributed by atoms with van der Waals surface area (Å²) in [5.41, 5.74) is 0.629. The van der Waals surface area contributed by atoms with E-state index in [0.29, 0.717) is 23.6 Å². The number of carbonyl (C=O) groups excluding carboxylic acids is 1. The van der Waals surface area contributed by atoms with E-state index in [9.17, 15) is 23.1 Å². The van der Waals surface area contributed by atoms with E-state index in [1.54, 1.807) is 24.3 Å². The number of hydrogen-bond donors (Lipinski definition) is 3. The number of aromatic amines is 1. The molecule has 37 heavy (non-hydrogen) atoms. The molecule has 0 spiro atoms. The van der Waals surface area contributed by atoms with Crippen LogP contribution in [0.4, 0.5) is 0 Å². The first-order valence-electron chi connectivity index (χ1n) is 11.1. The van der Waals surface area contributed by atoms with Crippen molar-refractivity contribution in [3.05, 3.63) is 63.9 Å². The molecule has 4 rings (SSSR count). The SMILES string of the molecule is O=C(O)[C@H](Cc1ccc(OCc2nn[nH]n2)cc1)NC(=O)[C@@H]1CCCN1S(=O)(=O)c1cc(Cl)cc(Cl)c1. The number of H-pyrrole nitrogens is 1. The zero-order chi connectivity index (χ0) is 26.6. The lowest BCUT2D eigenvalue weighted by molar-refractivity contribution is -0.142. The Labute approximate surface area is 222 Å². The average molecular weight is 569 g/mol. The first-order chi connectivity index (χ1) is 17.6. The van der Waals surface area contributed by atoms with Crippen LogP contribution < -0.4 is 10.1 Å². The van der Waals surface area contributed by atoms with Gasteiger partial charge in [-0.3, -0.25) is 4.79 Å². The van der Waals surface area contributed by atoms with E-state index in [1.165, 1.54) is 18.2 Å². The third kappa shape index (κ3) is 6.55. The Morgan fingerprint density at radius 3 is 2.51 bits per heavy atom. The van der Waals surface area contributed by atoms with Crippen LogP contribution in [0.1, 0.15) is 24.2 Å². The number of carboxylic acids is 1. The summed E-state index contributed by atoms with van der Waals surface area (Å²) >= 11 is 11.9. The minimum Gasteiger partial charge on any atom is -0.485 e. The van der Waals surface area contributed by atoms with Crippen molar-refractivity contribution in [3.8, 4) is 5.75 Å². The highest BCUT2D eigenvalue weighted by Gasteiger charge is 2.40. The molecule has 196 valence electrons. The summed E-state index contributed by atoms with van der Waals surface area (Å²) in [6.07, 6.45) is 0.669. The Bertz CT molecular complexity index is 1350. The van der Waals surface area contributed by atoms with E-state index in [1.807, 2.05) is 0 Å². The van der Waals surface area contributed by atoms with Crippen LogP contribution in [0.15, 0.2) is 47.4 Å². The van der Waals surface area contributed by atoms with Gasteiger partial charge in [-0.05, 0) is 48.7 Å². The second-order valence-electron chi connectivity index (χ2n) is 8.24. The lowest BCUT2D eigenvalue weighted by Crippen LogP contribution is -2.51. The standard InChI is InChI=1S/C22H22Cl2N6O6S/c23-14-9-15(24)11-17(10-14)37(34,35)30-7-1-2-19(30)21(31)25-18(22(32)33)8-13-3-5-16(6-4-13)36-12-20-26-28-29-27-20/h3-6,9-11,18-19H,1-2,7-8,12H2,(H,25,31)(H,32,33)(H,26,27,28,29)/t18-,19-/m0/s1. The zero-order valence-corrected chi connectivity index (χ0v) is 21.5. The van der Waals surface area contributed by atoms with Crippen LogP contribution in [-0.4, -0.2) is 69.0 Å². The molecule has 1 aromatic heterocycles. The molecule has 2 heterocycles. The quantitative estimate of drug-likeness (QED) is 0.331. The largest absolute Gasteiger partial charge is 0.485 e. The van der Waals surface area contributed by atoms with Gasteiger partial charge in [0.05, 0.1) is 4.90 Å². The van der Waals surface area contributed by atoms with Crippen molar-refractivity contribution < 1.29 is 27.9 Å². The van der Waals surface area contributed by atoms with Gasteiger partial charge in [-0.15, -0.1) is 10.2 Å². The third-order valence-corrected chi connectivity index (χ3v) is 8.01. The maximum atomic E-state index is 13.2. The van der Waals surface area contributed by atoms with Crippen LogP contribution >= 0.6 is 23.2 Å². The molecular formula is C22H22Cl2N6O6S. The molecule has 3 N–H and O–H groups in total. The van der Waals surface area contributed by atoms with E-state index in [2.05, 4.69) is 25.9 Å². The molecule has 1 fully saturated rings. The zero-order valence-electron chi connectivity index (χ0n) is 19.2. The number of sulfonamides is 1. The van der Waals surface area contributed by atoms with E-state index in [4.69, 9.17) is 27.9 Å². The minimum atomic E-state index is -4.09. The van der Waals surface area contributed by atoms with E-state index in [0.717, 1.165) is 4.31 Å². The second kappa shape index (κ2) is 11.4. The molecule has 0 unspecified atom stereocenters. The summed E-state index contributed by atoms with van der Waals surface area (Å²) in [4.78, 5) is 24.8. The number of hydrogen-bond acceptors (Lipinski definition) is 8. The maximum absolute atomic E-state index is 13.2. The molecule has 0 aliphatic carbocycles. The number of aliphatic carboxylic acids is 1. The number of benzene rings is 2. The molecule has 1 amide bonds. The van der Waals surface area contributed by atoms with Gasteiger partial charge in [0.2, 0.25) is 21.8 Å². The van der Waals surface area contributed by atoms with Gasteiger partial charge in [0, 0.05) is 23.0 Å². The van der Waals surface area contributed by atoms with Crippen LogP contribution in [0, 0.1) is 0 Å². The molecule has 1 aliphatic rings. The van der Waals surface area contributed by atoms with Gasteiger partial charge in [-0.2, -0.15) is 9.52 Å². The monoisotopic (exact) mass is 568 g/mol.